The number of benzene rings is 1. The van der Waals surface area contributed by atoms with Crippen LogP contribution in [-0.4, -0.2) is 15.0 Å². The van der Waals surface area contributed by atoms with Crippen LogP contribution in [0.1, 0.15) is 95.6 Å². The van der Waals surface area contributed by atoms with Gasteiger partial charge in [0.25, 0.3) is 0 Å². The van der Waals surface area contributed by atoms with Crippen LogP contribution in [0.2, 0.25) is 0 Å². The van der Waals surface area contributed by atoms with E-state index in [1.54, 1.807) is 0 Å². The smallest absolute Gasteiger partial charge is 0.160 e. The highest BCUT2D eigenvalue weighted by molar-refractivity contribution is 5.63. The van der Waals surface area contributed by atoms with Crippen molar-refractivity contribution in [2.75, 3.05) is 0 Å². The van der Waals surface area contributed by atoms with E-state index in [-0.39, 0.29) is 0 Å². The molecule has 0 bridgehead atoms. The standard InChI is InChI=1S/C30H41N3/c1-3-5-7-9-10-11-13-14-25-16-18-27(19-17-25)29-21-20-28(24-31-29)30-32-22-26(23-33-30)15-12-8-6-4-2/h16-24H,3-15H2,1-2H3. The van der Waals surface area contributed by atoms with Crippen molar-refractivity contribution in [1.82, 2.24) is 15.0 Å². The second kappa shape index (κ2) is 14.6. The molecule has 2 heterocycles. The van der Waals surface area contributed by atoms with Gasteiger partial charge in [-0.2, -0.15) is 0 Å². The summed E-state index contributed by atoms with van der Waals surface area (Å²) in [5.41, 5.74) is 5.76. The van der Waals surface area contributed by atoms with Crippen molar-refractivity contribution in [3.63, 3.8) is 0 Å². The number of aryl methyl sites for hydroxylation is 2. The quantitative estimate of drug-likeness (QED) is 0.221. The van der Waals surface area contributed by atoms with Crippen LogP contribution in [0.5, 0.6) is 0 Å². The van der Waals surface area contributed by atoms with Crippen LogP contribution >= 0.6 is 0 Å². The van der Waals surface area contributed by atoms with Crippen LogP contribution in [0.4, 0.5) is 0 Å². The van der Waals surface area contributed by atoms with E-state index in [0.29, 0.717) is 0 Å². The van der Waals surface area contributed by atoms with Crippen LogP contribution in [0.15, 0.2) is 55.0 Å². The molecule has 0 aliphatic heterocycles. The molecule has 3 nitrogen and oxygen atoms in total. The van der Waals surface area contributed by atoms with E-state index >= 15 is 0 Å². The van der Waals surface area contributed by atoms with Crippen LogP contribution in [0.25, 0.3) is 22.6 Å². The fraction of sp³-hybridized carbons (Fsp3) is 0.500. The van der Waals surface area contributed by atoms with Gasteiger partial charge in [-0.25, -0.2) is 9.97 Å². The van der Waals surface area contributed by atoms with E-state index in [4.69, 9.17) is 0 Å². The molecule has 0 N–H and O–H groups in total. The van der Waals surface area contributed by atoms with Gasteiger partial charge in [-0.05, 0) is 48.9 Å². The minimum Gasteiger partial charge on any atom is -0.255 e. The molecule has 176 valence electrons. The number of rotatable bonds is 15. The summed E-state index contributed by atoms with van der Waals surface area (Å²) in [6.45, 7) is 4.51. The summed E-state index contributed by atoms with van der Waals surface area (Å²) in [5.74, 6) is 0.747. The van der Waals surface area contributed by atoms with Crippen LogP contribution in [0, 0.1) is 0 Å². The fourth-order valence-electron chi connectivity index (χ4n) is 4.21. The lowest BCUT2D eigenvalue weighted by Gasteiger charge is -2.06. The Kier molecular flexibility index (Phi) is 11.1. The molecule has 0 fully saturated rings. The monoisotopic (exact) mass is 443 g/mol. The molecule has 2 aromatic heterocycles. The maximum atomic E-state index is 4.68. The molecule has 33 heavy (non-hydrogen) atoms. The van der Waals surface area contributed by atoms with Gasteiger partial charge >= 0.3 is 0 Å². The van der Waals surface area contributed by atoms with Crippen LogP contribution in [-0.2, 0) is 12.8 Å². The highest BCUT2D eigenvalue weighted by Gasteiger charge is 2.05. The summed E-state index contributed by atoms with van der Waals surface area (Å²) in [4.78, 5) is 13.8. The van der Waals surface area contributed by atoms with Gasteiger partial charge < -0.3 is 0 Å². The predicted octanol–water partition coefficient (Wildman–Crippen LogP) is 8.62. The molecule has 0 unspecified atom stereocenters. The Bertz CT molecular complexity index is 899. The average molecular weight is 444 g/mol. The van der Waals surface area contributed by atoms with Crippen molar-refractivity contribution in [3.8, 4) is 22.6 Å². The SMILES string of the molecule is CCCCCCCCCc1ccc(-c2ccc(-c3ncc(CCCCCC)cn3)cn2)cc1. The third-order valence-electron chi connectivity index (χ3n) is 6.36. The first kappa shape index (κ1) is 25.1. The Labute approximate surface area is 201 Å². The van der Waals surface area contributed by atoms with Crippen molar-refractivity contribution in [3.05, 3.63) is 66.1 Å². The molecule has 0 spiro atoms. The van der Waals surface area contributed by atoms with Crippen molar-refractivity contribution >= 4 is 0 Å². The van der Waals surface area contributed by atoms with Gasteiger partial charge in [-0.3, -0.25) is 4.98 Å². The minimum absolute atomic E-state index is 0.747. The normalized spacial score (nSPS) is 11.1. The van der Waals surface area contributed by atoms with E-state index in [1.807, 2.05) is 18.6 Å². The fourth-order valence-corrected chi connectivity index (χ4v) is 4.21. The van der Waals surface area contributed by atoms with Gasteiger partial charge in [-0.15, -0.1) is 0 Å². The van der Waals surface area contributed by atoms with Crippen molar-refractivity contribution < 1.29 is 0 Å². The molecular weight excluding hydrogens is 402 g/mol. The Morgan fingerprint density at radius 1 is 0.485 bits per heavy atom. The van der Waals surface area contributed by atoms with Gasteiger partial charge in [0.2, 0.25) is 0 Å². The zero-order valence-corrected chi connectivity index (χ0v) is 20.7. The number of aromatic nitrogens is 3. The van der Waals surface area contributed by atoms with Gasteiger partial charge in [-0.1, -0.05) is 95.9 Å². The molecule has 3 heteroatoms. The Morgan fingerprint density at radius 2 is 1.03 bits per heavy atom. The second-order valence-corrected chi connectivity index (χ2v) is 9.23. The molecule has 0 atom stereocenters. The molecule has 0 aliphatic rings. The first-order valence-corrected chi connectivity index (χ1v) is 13.2. The van der Waals surface area contributed by atoms with Crippen LogP contribution < -0.4 is 0 Å². The van der Waals surface area contributed by atoms with Crippen molar-refractivity contribution in [2.24, 2.45) is 0 Å². The molecule has 3 aromatic rings. The van der Waals surface area contributed by atoms with E-state index in [1.165, 1.54) is 88.2 Å². The van der Waals surface area contributed by atoms with E-state index in [9.17, 15) is 0 Å². The molecule has 0 saturated carbocycles. The van der Waals surface area contributed by atoms with Crippen LogP contribution in [0.3, 0.4) is 0 Å². The molecule has 0 saturated heterocycles. The zero-order valence-electron chi connectivity index (χ0n) is 20.7. The summed E-state index contributed by atoms with van der Waals surface area (Å²) in [7, 11) is 0. The summed E-state index contributed by atoms with van der Waals surface area (Å²) in [5, 5.41) is 0. The lowest BCUT2D eigenvalue weighted by Crippen LogP contribution is -1.94. The number of pyridine rings is 1. The third-order valence-corrected chi connectivity index (χ3v) is 6.36. The average Bonchev–Trinajstić information content (AvgIpc) is 2.87. The maximum absolute atomic E-state index is 4.68. The van der Waals surface area contributed by atoms with Crippen molar-refractivity contribution in [1.29, 1.82) is 0 Å². The lowest BCUT2D eigenvalue weighted by molar-refractivity contribution is 0.589. The highest BCUT2D eigenvalue weighted by Crippen LogP contribution is 2.22. The van der Waals surface area contributed by atoms with E-state index < -0.39 is 0 Å². The Hall–Kier alpha value is -2.55. The second-order valence-electron chi connectivity index (χ2n) is 9.23. The van der Waals surface area contributed by atoms with Crippen molar-refractivity contribution in [2.45, 2.75) is 97.3 Å². The number of hydrogen-bond acceptors (Lipinski definition) is 3. The van der Waals surface area contributed by atoms with E-state index in [0.717, 1.165) is 29.1 Å². The summed E-state index contributed by atoms with van der Waals surface area (Å²) in [6, 6.07) is 13.0. The minimum atomic E-state index is 0.747. The topological polar surface area (TPSA) is 38.7 Å². The van der Waals surface area contributed by atoms with Gasteiger partial charge in [0, 0.05) is 29.7 Å². The first-order valence-electron chi connectivity index (χ1n) is 13.2. The zero-order chi connectivity index (χ0) is 23.1. The van der Waals surface area contributed by atoms with Gasteiger partial charge in [0.15, 0.2) is 5.82 Å². The molecule has 3 rings (SSSR count). The number of nitrogens with zero attached hydrogens (tertiary/aromatic N) is 3. The predicted molar refractivity (Wildman–Crippen MR) is 140 cm³/mol. The molecule has 0 radical (unpaired) electrons. The summed E-state index contributed by atoms with van der Waals surface area (Å²) >= 11 is 0. The molecule has 1 aromatic carbocycles. The van der Waals surface area contributed by atoms with Gasteiger partial charge in [0.05, 0.1) is 5.69 Å². The Morgan fingerprint density at radius 3 is 1.64 bits per heavy atom. The molecular formula is C30H41N3. The summed E-state index contributed by atoms with van der Waals surface area (Å²) < 4.78 is 0. The first-order chi connectivity index (χ1) is 16.3. The lowest BCUT2D eigenvalue weighted by atomic mass is 10.0. The maximum Gasteiger partial charge on any atom is 0.160 e. The third kappa shape index (κ3) is 8.72. The largest absolute Gasteiger partial charge is 0.255 e. The highest BCUT2D eigenvalue weighted by atomic mass is 14.9. The van der Waals surface area contributed by atoms with E-state index in [2.05, 4.69) is 65.2 Å². The summed E-state index contributed by atoms with van der Waals surface area (Å²) in [6.07, 6.45) is 22.6. The number of unbranched alkanes of at least 4 members (excludes halogenated alkanes) is 9. The molecule has 0 amide bonds. The number of hydrogen-bond donors (Lipinski definition) is 0. The van der Waals surface area contributed by atoms with Gasteiger partial charge in [0.1, 0.15) is 0 Å². The Balaban J connectivity index is 1.47. The molecule has 0 aliphatic carbocycles.